The van der Waals surface area contributed by atoms with Gasteiger partial charge in [0.25, 0.3) is 0 Å². The first-order chi connectivity index (χ1) is 7.72. The molecule has 1 amide bonds. The highest BCUT2D eigenvalue weighted by atomic mass is 32.1. The molecule has 16 heavy (non-hydrogen) atoms. The van der Waals surface area contributed by atoms with Crippen LogP contribution in [0.2, 0.25) is 0 Å². The monoisotopic (exact) mass is 241 g/mol. The van der Waals surface area contributed by atoms with E-state index >= 15 is 0 Å². The van der Waals surface area contributed by atoms with Gasteiger partial charge in [0.2, 0.25) is 5.91 Å². The first kappa shape index (κ1) is 13.1. The molecule has 1 rings (SSSR count). The minimum Gasteiger partial charge on any atom is -0.350 e. The minimum absolute atomic E-state index is 0.0997. The van der Waals surface area contributed by atoms with Gasteiger partial charge in [-0.15, -0.1) is 11.3 Å². The molecule has 0 saturated carbocycles. The van der Waals surface area contributed by atoms with Gasteiger partial charge in [0.1, 0.15) is 0 Å². The summed E-state index contributed by atoms with van der Waals surface area (Å²) in [5.41, 5.74) is 6.32. The highest BCUT2D eigenvalue weighted by molar-refractivity contribution is 7.09. The summed E-state index contributed by atoms with van der Waals surface area (Å²) in [6.45, 7) is 3.21. The van der Waals surface area contributed by atoms with E-state index in [-0.39, 0.29) is 5.91 Å². The number of hydrogen-bond donors (Lipinski definition) is 2. The molecular formula is C11H19N3OS. The van der Waals surface area contributed by atoms with Crippen molar-refractivity contribution >= 4 is 17.2 Å². The van der Waals surface area contributed by atoms with Crippen molar-refractivity contribution in [3.63, 3.8) is 0 Å². The van der Waals surface area contributed by atoms with E-state index in [1.807, 2.05) is 12.3 Å². The lowest BCUT2D eigenvalue weighted by molar-refractivity contribution is -0.121. The quantitative estimate of drug-likeness (QED) is 0.712. The Hall–Kier alpha value is -0.940. The van der Waals surface area contributed by atoms with Crippen LogP contribution in [0.3, 0.4) is 0 Å². The fourth-order valence-corrected chi connectivity index (χ4v) is 1.99. The molecule has 0 aromatic carbocycles. The fraction of sp³-hybridized carbons (Fsp3) is 0.636. The highest BCUT2D eigenvalue weighted by Gasteiger charge is 2.02. The van der Waals surface area contributed by atoms with Gasteiger partial charge in [-0.1, -0.05) is 6.42 Å². The second-order valence-electron chi connectivity index (χ2n) is 3.73. The maximum atomic E-state index is 11.4. The largest absolute Gasteiger partial charge is 0.350 e. The average Bonchev–Trinajstić information content (AvgIpc) is 2.68. The van der Waals surface area contributed by atoms with Crippen LogP contribution in [0.4, 0.5) is 0 Å². The minimum atomic E-state index is 0.0997. The van der Waals surface area contributed by atoms with Crippen molar-refractivity contribution in [3.05, 3.63) is 16.1 Å². The molecule has 0 fully saturated rings. The molecular weight excluding hydrogens is 222 g/mol. The summed E-state index contributed by atoms with van der Waals surface area (Å²) in [4.78, 5) is 15.7. The van der Waals surface area contributed by atoms with E-state index in [0.717, 1.165) is 30.0 Å². The number of rotatable bonds is 7. The van der Waals surface area contributed by atoms with Gasteiger partial charge in [-0.25, -0.2) is 4.98 Å². The zero-order chi connectivity index (χ0) is 11.8. The van der Waals surface area contributed by atoms with Crippen LogP contribution < -0.4 is 11.1 Å². The summed E-state index contributed by atoms with van der Waals surface area (Å²) in [5.74, 6) is 0.0997. The van der Waals surface area contributed by atoms with Crippen molar-refractivity contribution in [2.75, 3.05) is 6.54 Å². The number of thiazole rings is 1. The van der Waals surface area contributed by atoms with Crippen LogP contribution in [0.25, 0.3) is 0 Å². The molecule has 3 N–H and O–H groups in total. The molecule has 0 aliphatic rings. The van der Waals surface area contributed by atoms with Gasteiger partial charge in [-0.05, 0) is 26.3 Å². The Morgan fingerprint density at radius 1 is 1.50 bits per heavy atom. The maximum Gasteiger partial charge on any atom is 0.220 e. The van der Waals surface area contributed by atoms with Crippen LogP contribution in [0.5, 0.6) is 0 Å². The molecule has 0 unspecified atom stereocenters. The predicted octanol–water partition coefficient (Wildman–Crippen LogP) is 1.59. The first-order valence-corrected chi connectivity index (χ1v) is 6.48. The van der Waals surface area contributed by atoms with E-state index in [0.29, 0.717) is 19.5 Å². The Labute approximate surface area is 100 Å². The Morgan fingerprint density at radius 3 is 2.94 bits per heavy atom. The van der Waals surface area contributed by atoms with Crippen molar-refractivity contribution < 1.29 is 4.79 Å². The lowest BCUT2D eigenvalue weighted by Crippen LogP contribution is -2.22. The molecule has 0 atom stereocenters. The summed E-state index contributed by atoms with van der Waals surface area (Å²) in [6, 6.07) is 0. The van der Waals surface area contributed by atoms with Crippen molar-refractivity contribution in [2.45, 2.75) is 39.2 Å². The van der Waals surface area contributed by atoms with Crippen LogP contribution >= 0.6 is 11.3 Å². The number of carbonyl (C=O) groups excluding carboxylic acids is 1. The van der Waals surface area contributed by atoms with E-state index in [1.54, 1.807) is 11.3 Å². The maximum absolute atomic E-state index is 11.4. The Bertz CT molecular complexity index is 325. The SMILES string of the molecule is Cc1nc(CNC(=O)CCCCCN)cs1. The Morgan fingerprint density at radius 2 is 2.31 bits per heavy atom. The molecule has 1 heterocycles. The number of nitrogens with one attached hydrogen (secondary N) is 1. The third-order valence-corrected chi connectivity index (χ3v) is 3.06. The van der Waals surface area contributed by atoms with Gasteiger partial charge in [-0.2, -0.15) is 0 Å². The topological polar surface area (TPSA) is 68.0 Å². The zero-order valence-electron chi connectivity index (χ0n) is 9.66. The van der Waals surface area contributed by atoms with Crippen LogP contribution in [0, 0.1) is 6.92 Å². The zero-order valence-corrected chi connectivity index (χ0v) is 10.5. The predicted molar refractivity (Wildman–Crippen MR) is 66.2 cm³/mol. The third-order valence-electron chi connectivity index (χ3n) is 2.24. The summed E-state index contributed by atoms with van der Waals surface area (Å²) in [6.07, 6.45) is 3.53. The smallest absolute Gasteiger partial charge is 0.220 e. The van der Waals surface area contributed by atoms with Crippen LogP contribution in [-0.4, -0.2) is 17.4 Å². The molecule has 0 aliphatic carbocycles. The van der Waals surface area contributed by atoms with E-state index in [1.165, 1.54) is 0 Å². The summed E-state index contributed by atoms with van der Waals surface area (Å²) in [5, 5.41) is 5.87. The van der Waals surface area contributed by atoms with Gasteiger partial charge in [0.15, 0.2) is 0 Å². The highest BCUT2D eigenvalue weighted by Crippen LogP contribution is 2.07. The van der Waals surface area contributed by atoms with Crippen molar-refractivity contribution in [3.8, 4) is 0 Å². The molecule has 0 saturated heterocycles. The number of unbranched alkanes of at least 4 members (excludes halogenated alkanes) is 2. The number of nitrogens with two attached hydrogens (primary N) is 1. The fourth-order valence-electron chi connectivity index (χ4n) is 1.37. The lowest BCUT2D eigenvalue weighted by Gasteiger charge is -2.02. The molecule has 0 bridgehead atoms. The van der Waals surface area contributed by atoms with Crippen molar-refractivity contribution in [2.24, 2.45) is 5.73 Å². The molecule has 4 nitrogen and oxygen atoms in total. The van der Waals surface area contributed by atoms with Gasteiger partial charge in [-0.3, -0.25) is 4.79 Å². The average molecular weight is 241 g/mol. The number of nitrogens with zero attached hydrogens (tertiary/aromatic N) is 1. The number of carbonyl (C=O) groups is 1. The van der Waals surface area contributed by atoms with Crippen LogP contribution in [0.1, 0.15) is 36.4 Å². The molecule has 1 aromatic rings. The number of aryl methyl sites for hydroxylation is 1. The Balaban J connectivity index is 2.10. The standard InChI is InChI=1S/C11H19N3OS/c1-9-14-10(8-16-9)7-13-11(15)5-3-2-4-6-12/h8H,2-7,12H2,1H3,(H,13,15). The van der Waals surface area contributed by atoms with Crippen LogP contribution in [-0.2, 0) is 11.3 Å². The number of hydrogen-bond acceptors (Lipinski definition) is 4. The van der Waals surface area contributed by atoms with Gasteiger partial charge < -0.3 is 11.1 Å². The normalized spacial score (nSPS) is 10.4. The van der Waals surface area contributed by atoms with Crippen LogP contribution in [0.15, 0.2) is 5.38 Å². The van der Waals surface area contributed by atoms with E-state index in [2.05, 4.69) is 10.3 Å². The van der Waals surface area contributed by atoms with Gasteiger partial charge in [0.05, 0.1) is 17.2 Å². The number of aromatic nitrogens is 1. The molecule has 90 valence electrons. The van der Waals surface area contributed by atoms with Crippen molar-refractivity contribution in [1.29, 1.82) is 0 Å². The molecule has 0 radical (unpaired) electrons. The Kier molecular flexibility index (Phi) is 6.03. The van der Waals surface area contributed by atoms with E-state index in [9.17, 15) is 4.79 Å². The van der Waals surface area contributed by atoms with E-state index in [4.69, 9.17) is 5.73 Å². The second-order valence-corrected chi connectivity index (χ2v) is 4.80. The molecule has 5 heteroatoms. The third kappa shape index (κ3) is 5.23. The van der Waals surface area contributed by atoms with E-state index < -0.39 is 0 Å². The molecule has 0 spiro atoms. The second kappa shape index (κ2) is 7.35. The molecule has 1 aromatic heterocycles. The van der Waals surface area contributed by atoms with Crippen molar-refractivity contribution in [1.82, 2.24) is 10.3 Å². The summed E-state index contributed by atoms with van der Waals surface area (Å²) in [7, 11) is 0. The summed E-state index contributed by atoms with van der Waals surface area (Å²) < 4.78 is 0. The lowest BCUT2D eigenvalue weighted by atomic mass is 10.2. The first-order valence-electron chi connectivity index (χ1n) is 5.60. The number of amides is 1. The molecule has 0 aliphatic heterocycles. The van der Waals surface area contributed by atoms with Gasteiger partial charge >= 0.3 is 0 Å². The van der Waals surface area contributed by atoms with Gasteiger partial charge in [0, 0.05) is 11.8 Å². The summed E-state index contributed by atoms with van der Waals surface area (Å²) >= 11 is 1.60.